The van der Waals surface area contributed by atoms with Gasteiger partial charge in [0.15, 0.2) is 0 Å². The Morgan fingerprint density at radius 3 is 2.46 bits per heavy atom. The number of likely N-dealkylation sites (tertiary alicyclic amines) is 1. The van der Waals surface area contributed by atoms with E-state index in [1.165, 1.54) is 12.1 Å². The van der Waals surface area contributed by atoms with Gasteiger partial charge in [-0.3, -0.25) is 9.59 Å². The number of carbonyl (C=O) groups excluding carboxylic acids is 2. The summed E-state index contributed by atoms with van der Waals surface area (Å²) in [7, 11) is 0. The molecule has 0 radical (unpaired) electrons. The van der Waals surface area contributed by atoms with Gasteiger partial charge in [-0.2, -0.15) is 13.2 Å². The average Bonchev–Trinajstić information content (AvgIpc) is 2.63. The van der Waals surface area contributed by atoms with Crippen LogP contribution in [-0.4, -0.2) is 23.3 Å². The minimum Gasteiger partial charge on any atom is -0.338 e. The highest BCUT2D eigenvalue weighted by molar-refractivity contribution is 5.92. The third-order valence-electron chi connectivity index (χ3n) is 4.65. The van der Waals surface area contributed by atoms with Crippen molar-refractivity contribution in [2.45, 2.75) is 38.4 Å². The molecular weight excluding hydrogens is 369 g/mol. The first-order chi connectivity index (χ1) is 13.3. The quantitative estimate of drug-likeness (QED) is 0.823. The standard InChI is InChI=1S/C21H21F3N2O2/c22-21(23,24)17-9-7-15(8-10-17)13-19(27)25-18-5-3-4-16(12-18)14-26-11-2-1-6-20(26)28/h3-5,7-10,12H,1-2,6,11,13-14H2,(H,25,27). The van der Waals surface area contributed by atoms with Crippen molar-refractivity contribution in [2.75, 3.05) is 11.9 Å². The van der Waals surface area contributed by atoms with E-state index in [0.29, 0.717) is 24.2 Å². The lowest BCUT2D eigenvalue weighted by Gasteiger charge is -2.26. The molecule has 0 bridgehead atoms. The van der Waals surface area contributed by atoms with Crippen LogP contribution < -0.4 is 5.32 Å². The summed E-state index contributed by atoms with van der Waals surface area (Å²) in [5.74, 6) is -0.172. The minimum atomic E-state index is -4.39. The molecule has 0 spiro atoms. The van der Waals surface area contributed by atoms with Gasteiger partial charge < -0.3 is 10.2 Å². The first-order valence-corrected chi connectivity index (χ1v) is 9.14. The summed E-state index contributed by atoms with van der Waals surface area (Å²) < 4.78 is 37.8. The Morgan fingerprint density at radius 1 is 1.04 bits per heavy atom. The molecule has 1 heterocycles. The maximum absolute atomic E-state index is 12.6. The number of hydrogen-bond acceptors (Lipinski definition) is 2. The van der Waals surface area contributed by atoms with Crippen LogP contribution in [-0.2, 0) is 28.7 Å². The Bertz CT molecular complexity index is 847. The molecule has 1 saturated heterocycles. The van der Waals surface area contributed by atoms with Gasteiger partial charge in [-0.1, -0.05) is 24.3 Å². The number of hydrogen-bond donors (Lipinski definition) is 1. The van der Waals surface area contributed by atoms with E-state index in [0.717, 1.165) is 37.1 Å². The lowest BCUT2D eigenvalue weighted by atomic mass is 10.1. The molecule has 0 aliphatic carbocycles. The predicted molar refractivity (Wildman–Crippen MR) is 99.5 cm³/mol. The lowest BCUT2D eigenvalue weighted by Crippen LogP contribution is -2.34. The average molecular weight is 390 g/mol. The Balaban J connectivity index is 1.59. The number of halogens is 3. The van der Waals surface area contributed by atoms with Gasteiger partial charge in [0, 0.05) is 25.2 Å². The summed E-state index contributed by atoms with van der Waals surface area (Å²) in [6.07, 6.45) is -1.92. The molecule has 2 amide bonds. The first-order valence-electron chi connectivity index (χ1n) is 9.14. The molecule has 1 N–H and O–H groups in total. The zero-order valence-corrected chi connectivity index (χ0v) is 15.3. The molecule has 0 unspecified atom stereocenters. The van der Waals surface area contributed by atoms with Crippen LogP contribution in [0.15, 0.2) is 48.5 Å². The third kappa shape index (κ3) is 5.34. The Labute approximate surface area is 161 Å². The zero-order valence-electron chi connectivity index (χ0n) is 15.3. The molecule has 3 rings (SSSR count). The van der Waals surface area contributed by atoms with Gasteiger partial charge in [-0.15, -0.1) is 0 Å². The minimum absolute atomic E-state index is 0.0209. The molecule has 1 aliphatic heterocycles. The van der Waals surface area contributed by atoms with E-state index in [2.05, 4.69) is 5.32 Å². The number of nitrogens with zero attached hydrogens (tertiary/aromatic N) is 1. The van der Waals surface area contributed by atoms with Gasteiger partial charge in [0.2, 0.25) is 11.8 Å². The number of rotatable bonds is 5. The van der Waals surface area contributed by atoms with E-state index in [-0.39, 0.29) is 18.2 Å². The molecule has 2 aromatic rings. The van der Waals surface area contributed by atoms with Crippen LogP contribution in [0, 0.1) is 0 Å². The van der Waals surface area contributed by atoms with Crippen LogP contribution in [0.1, 0.15) is 36.0 Å². The van der Waals surface area contributed by atoms with E-state index in [9.17, 15) is 22.8 Å². The number of piperidine rings is 1. The SMILES string of the molecule is O=C(Cc1ccc(C(F)(F)F)cc1)Nc1cccc(CN2CCCCC2=O)c1. The van der Waals surface area contributed by atoms with Gasteiger partial charge in [0.05, 0.1) is 12.0 Å². The van der Waals surface area contributed by atoms with E-state index < -0.39 is 11.7 Å². The Hall–Kier alpha value is -2.83. The lowest BCUT2D eigenvalue weighted by molar-refractivity contribution is -0.137. The van der Waals surface area contributed by atoms with Gasteiger partial charge in [-0.05, 0) is 48.2 Å². The zero-order chi connectivity index (χ0) is 20.1. The van der Waals surface area contributed by atoms with Crippen molar-refractivity contribution in [3.05, 3.63) is 65.2 Å². The highest BCUT2D eigenvalue weighted by atomic mass is 19.4. The van der Waals surface area contributed by atoms with Crippen LogP contribution in [0.25, 0.3) is 0 Å². The second-order valence-corrected chi connectivity index (χ2v) is 6.89. The molecule has 1 aliphatic rings. The van der Waals surface area contributed by atoms with Crippen LogP contribution in [0.5, 0.6) is 0 Å². The normalized spacial score (nSPS) is 14.8. The molecule has 0 aromatic heterocycles. The summed E-state index contributed by atoms with van der Waals surface area (Å²) in [5.41, 5.74) is 1.28. The predicted octanol–water partition coefficient (Wildman–Crippen LogP) is 4.40. The molecule has 0 atom stereocenters. The number of alkyl halides is 3. The molecule has 4 nitrogen and oxygen atoms in total. The van der Waals surface area contributed by atoms with Crippen molar-refractivity contribution in [2.24, 2.45) is 0 Å². The second-order valence-electron chi connectivity index (χ2n) is 6.89. The highest BCUT2D eigenvalue weighted by Gasteiger charge is 2.30. The molecule has 7 heteroatoms. The summed E-state index contributed by atoms with van der Waals surface area (Å²) in [6.45, 7) is 1.24. The fourth-order valence-corrected chi connectivity index (χ4v) is 3.20. The fourth-order valence-electron chi connectivity index (χ4n) is 3.20. The summed E-state index contributed by atoms with van der Waals surface area (Å²) in [5, 5.41) is 2.76. The largest absolute Gasteiger partial charge is 0.416 e. The number of amides is 2. The Kier molecular flexibility index (Phi) is 6.02. The summed E-state index contributed by atoms with van der Waals surface area (Å²) in [6, 6.07) is 11.8. The third-order valence-corrected chi connectivity index (χ3v) is 4.65. The smallest absolute Gasteiger partial charge is 0.338 e. The molecule has 1 fully saturated rings. The molecule has 28 heavy (non-hydrogen) atoms. The number of benzene rings is 2. The molecule has 0 saturated carbocycles. The second kappa shape index (κ2) is 8.46. The maximum Gasteiger partial charge on any atom is 0.416 e. The van der Waals surface area contributed by atoms with Crippen LogP contribution in [0.4, 0.5) is 18.9 Å². The van der Waals surface area contributed by atoms with Gasteiger partial charge in [0.1, 0.15) is 0 Å². The van der Waals surface area contributed by atoms with Gasteiger partial charge >= 0.3 is 6.18 Å². The van der Waals surface area contributed by atoms with E-state index in [4.69, 9.17) is 0 Å². The number of nitrogens with one attached hydrogen (secondary N) is 1. The molecule has 148 valence electrons. The van der Waals surface area contributed by atoms with Crippen molar-refractivity contribution < 1.29 is 22.8 Å². The van der Waals surface area contributed by atoms with Crippen molar-refractivity contribution in [1.29, 1.82) is 0 Å². The first kappa shape index (κ1) is 19.9. The van der Waals surface area contributed by atoms with Crippen molar-refractivity contribution in [3.8, 4) is 0 Å². The van der Waals surface area contributed by atoms with Crippen molar-refractivity contribution in [3.63, 3.8) is 0 Å². The van der Waals surface area contributed by atoms with Gasteiger partial charge in [0.25, 0.3) is 0 Å². The monoisotopic (exact) mass is 390 g/mol. The molecule has 2 aromatic carbocycles. The van der Waals surface area contributed by atoms with E-state index in [1.54, 1.807) is 12.1 Å². The van der Waals surface area contributed by atoms with Crippen LogP contribution >= 0.6 is 0 Å². The highest BCUT2D eigenvalue weighted by Crippen LogP contribution is 2.29. The van der Waals surface area contributed by atoms with Gasteiger partial charge in [-0.25, -0.2) is 0 Å². The van der Waals surface area contributed by atoms with Crippen molar-refractivity contribution in [1.82, 2.24) is 4.90 Å². The van der Waals surface area contributed by atoms with Crippen molar-refractivity contribution >= 4 is 17.5 Å². The maximum atomic E-state index is 12.6. The van der Waals surface area contributed by atoms with E-state index in [1.807, 2.05) is 17.0 Å². The topological polar surface area (TPSA) is 49.4 Å². The number of carbonyl (C=O) groups is 2. The number of anilines is 1. The Morgan fingerprint density at radius 2 is 1.79 bits per heavy atom. The molecular formula is C21H21F3N2O2. The van der Waals surface area contributed by atoms with Crippen LogP contribution in [0.3, 0.4) is 0 Å². The van der Waals surface area contributed by atoms with E-state index >= 15 is 0 Å². The van der Waals surface area contributed by atoms with Crippen LogP contribution in [0.2, 0.25) is 0 Å². The summed E-state index contributed by atoms with van der Waals surface area (Å²) in [4.78, 5) is 26.0. The summed E-state index contributed by atoms with van der Waals surface area (Å²) >= 11 is 0. The fraction of sp³-hybridized carbons (Fsp3) is 0.333.